The molecule has 0 saturated carbocycles. The summed E-state index contributed by atoms with van der Waals surface area (Å²) in [6.45, 7) is 4.73. The van der Waals surface area contributed by atoms with Gasteiger partial charge in [-0.1, -0.05) is 17.7 Å². The lowest BCUT2D eigenvalue weighted by molar-refractivity contribution is -0.906. The Balaban J connectivity index is 1.76. The van der Waals surface area contributed by atoms with Crippen molar-refractivity contribution in [1.29, 1.82) is 0 Å². The number of hydrogen-bond donors (Lipinski definition) is 2. The van der Waals surface area contributed by atoms with Crippen molar-refractivity contribution < 1.29 is 19.2 Å². The normalized spacial score (nSPS) is 20.8. The molecule has 1 saturated heterocycles. The van der Waals surface area contributed by atoms with Crippen LogP contribution in [-0.2, 0) is 14.3 Å². The quantitative estimate of drug-likeness (QED) is 0.773. The first-order valence-corrected chi connectivity index (χ1v) is 8.52. The summed E-state index contributed by atoms with van der Waals surface area (Å²) in [5.41, 5.74) is 0.709. The molecule has 1 aromatic rings. The van der Waals surface area contributed by atoms with E-state index in [2.05, 4.69) is 5.32 Å². The van der Waals surface area contributed by atoms with Crippen LogP contribution in [0.25, 0.3) is 0 Å². The molecule has 6 heteroatoms. The number of carbonyl (C=O) groups is 2. The van der Waals surface area contributed by atoms with Gasteiger partial charge in [-0.15, -0.1) is 0 Å². The zero-order valence-corrected chi connectivity index (χ0v) is 14.2. The van der Waals surface area contributed by atoms with E-state index in [9.17, 15) is 9.59 Å². The maximum atomic E-state index is 12.0. The van der Waals surface area contributed by atoms with E-state index in [0.29, 0.717) is 23.7 Å². The van der Waals surface area contributed by atoms with Crippen LogP contribution in [0, 0.1) is 5.92 Å². The van der Waals surface area contributed by atoms with Crippen molar-refractivity contribution in [1.82, 2.24) is 0 Å². The van der Waals surface area contributed by atoms with Gasteiger partial charge in [0.05, 0.1) is 32.7 Å². The summed E-state index contributed by atoms with van der Waals surface area (Å²) in [7, 11) is 0. The number of benzene rings is 1. The summed E-state index contributed by atoms with van der Waals surface area (Å²) in [5, 5.41) is 3.45. The molecule has 23 heavy (non-hydrogen) atoms. The highest BCUT2D eigenvalue weighted by Crippen LogP contribution is 2.15. The lowest BCUT2D eigenvalue weighted by atomic mass is 9.98. The Morgan fingerprint density at radius 1 is 1.43 bits per heavy atom. The summed E-state index contributed by atoms with van der Waals surface area (Å²) in [5.74, 6) is -0.166. The third kappa shape index (κ3) is 5.84. The number of halogens is 1. The smallest absolute Gasteiger partial charge is 0.314 e. The molecule has 0 bridgehead atoms. The summed E-state index contributed by atoms with van der Waals surface area (Å²) in [6.07, 6.45) is 2.31. The molecule has 1 amide bonds. The number of quaternary nitrogens is 1. The topological polar surface area (TPSA) is 59.8 Å². The van der Waals surface area contributed by atoms with Gasteiger partial charge in [-0.05, 0) is 38.0 Å². The molecule has 1 aliphatic heterocycles. The number of esters is 1. The molecule has 1 aliphatic rings. The number of hydrogen-bond acceptors (Lipinski definition) is 3. The molecule has 0 radical (unpaired) electrons. The number of ether oxygens (including phenoxy) is 1. The molecule has 0 aromatic heterocycles. The molecular formula is C17H24ClN2O3+. The first-order valence-electron chi connectivity index (χ1n) is 8.14. The van der Waals surface area contributed by atoms with Crippen molar-refractivity contribution in [3.05, 3.63) is 29.3 Å². The van der Waals surface area contributed by atoms with E-state index in [1.807, 2.05) is 13.0 Å². The van der Waals surface area contributed by atoms with E-state index in [1.165, 1.54) is 4.90 Å². The van der Waals surface area contributed by atoms with Crippen LogP contribution >= 0.6 is 11.6 Å². The summed E-state index contributed by atoms with van der Waals surface area (Å²) in [6, 6.07) is 7.11. The van der Waals surface area contributed by atoms with Crippen molar-refractivity contribution >= 4 is 29.2 Å². The zero-order chi connectivity index (χ0) is 16.7. The maximum Gasteiger partial charge on any atom is 0.314 e. The van der Waals surface area contributed by atoms with Crippen LogP contribution in [0.1, 0.15) is 26.2 Å². The van der Waals surface area contributed by atoms with Crippen LogP contribution in [0.5, 0.6) is 0 Å². The van der Waals surface area contributed by atoms with E-state index in [-0.39, 0.29) is 17.8 Å². The number of rotatable bonds is 6. The van der Waals surface area contributed by atoms with Gasteiger partial charge in [0.15, 0.2) is 0 Å². The lowest BCUT2D eigenvalue weighted by Gasteiger charge is -2.28. The van der Waals surface area contributed by atoms with Gasteiger partial charge in [-0.25, -0.2) is 0 Å². The standard InChI is InChI=1S/C17H23ClN2O3/c1-2-23-17(22)13-5-4-9-20(12-13)10-8-16(21)19-15-7-3-6-14(18)11-15/h3,6-7,11,13H,2,4-5,8-10,12H2,1H3,(H,19,21)/p+1/t13-/m0/s1. The number of likely N-dealkylation sites (tertiary alicyclic amines) is 1. The van der Waals surface area contributed by atoms with Gasteiger partial charge in [0, 0.05) is 10.7 Å². The third-order valence-electron chi connectivity index (χ3n) is 4.05. The summed E-state index contributed by atoms with van der Waals surface area (Å²) < 4.78 is 5.10. The van der Waals surface area contributed by atoms with Crippen LogP contribution in [-0.4, -0.2) is 38.1 Å². The first-order chi connectivity index (χ1) is 11.1. The molecule has 0 aliphatic carbocycles. The second-order valence-corrected chi connectivity index (χ2v) is 6.29. The van der Waals surface area contributed by atoms with Crippen molar-refractivity contribution in [3.8, 4) is 0 Å². The van der Waals surface area contributed by atoms with E-state index < -0.39 is 0 Å². The largest absolute Gasteiger partial charge is 0.466 e. The van der Waals surface area contributed by atoms with Crippen LogP contribution in [0.3, 0.4) is 0 Å². The van der Waals surface area contributed by atoms with Crippen LogP contribution in [0.15, 0.2) is 24.3 Å². The van der Waals surface area contributed by atoms with Crippen LogP contribution in [0.4, 0.5) is 5.69 Å². The van der Waals surface area contributed by atoms with Crippen molar-refractivity contribution in [2.75, 3.05) is 31.6 Å². The van der Waals surface area contributed by atoms with Gasteiger partial charge in [0.2, 0.25) is 5.91 Å². The molecular weight excluding hydrogens is 316 g/mol. The highest BCUT2D eigenvalue weighted by molar-refractivity contribution is 6.30. The third-order valence-corrected chi connectivity index (χ3v) is 4.29. The Bertz CT molecular complexity index is 550. The second-order valence-electron chi connectivity index (χ2n) is 5.85. The molecule has 0 spiro atoms. The zero-order valence-electron chi connectivity index (χ0n) is 13.4. The molecule has 1 unspecified atom stereocenters. The average molecular weight is 340 g/mol. The number of piperidine rings is 1. The Morgan fingerprint density at radius 3 is 3.00 bits per heavy atom. The SMILES string of the molecule is CCOC(=O)[C@H]1CCC[NH+](CCC(=O)Nc2cccc(Cl)c2)C1. The molecule has 1 heterocycles. The Labute approximate surface area is 141 Å². The lowest BCUT2D eigenvalue weighted by Crippen LogP contribution is -3.13. The van der Waals surface area contributed by atoms with Crippen molar-refractivity contribution in [2.24, 2.45) is 5.92 Å². The number of amides is 1. The van der Waals surface area contributed by atoms with Gasteiger partial charge in [0.25, 0.3) is 0 Å². The minimum Gasteiger partial charge on any atom is -0.466 e. The predicted octanol–water partition coefficient (Wildman–Crippen LogP) is 1.53. The number of anilines is 1. The Morgan fingerprint density at radius 2 is 2.26 bits per heavy atom. The summed E-state index contributed by atoms with van der Waals surface area (Å²) in [4.78, 5) is 25.1. The van der Waals surface area contributed by atoms with E-state index >= 15 is 0 Å². The fraction of sp³-hybridized carbons (Fsp3) is 0.529. The maximum absolute atomic E-state index is 12.0. The minimum atomic E-state index is -0.104. The molecule has 5 nitrogen and oxygen atoms in total. The number of nitrogens with one attached hydrogen (secondary N) is 2. The molecule has 126 valence electrons. The van der Waals surface area contributed by atoms with Gasteiger partial charge in [-0.3, -0.25) is 9.59 Å². The van der Waals surface area contributed by atoms with E-state index in [0.717, 1.165) is 32.5 Å². The van der Waals surface area contributed by atoms with Gasteiger partial charge >= 0.3 is 5.97 Å². The minimum absolute atomic E-state index is 0.0296. The van der Waals surface area contributed by atoms with Crippen LogP contribution in [0.2, 0.25) is 5.02 Å². The predicted molar refractivity (Wildman–Crippen MR) is 89.6 cm³/mol. The highest BCUT2D eigenvalue weighted by Gasteiger charge is 2.29. The molecule has 2 rings (SSSR count). The Kier molecular flexibility index (Phi) is 6.86. The summed E-state index contributed by atoms with van der Waals surface area (Å²) >= 11 is 5.90. The first kappa shape index (κ1) is 17.8. The monoisotopic (exact) mass is 339 g/mol. The van der Waals surface area contributed by atoms with Crippen molar-refractivity contribution in [2.45, 2.75) is 26.2 Å². The van der Waals surface area contributed by atoms with E-state index in [4.69, 9.17) is 16.3 Å². The van der Waals surface area contributed by atoms with Crippen LogP contribution < -0.4 is 10.2 Å². The van der Waals surface area contributed by atoms with E-state index in [1.54, 1.807) is 18.2 Å². The van der Waals surface area contributed by atoms with Crippen molar-refractivity contribution in [3.63, 3.8) is 0 Å². The Hall–Kier alpha value is -1.59. The highest BCUT2D eigenvalue weighted by atomic mass is 35.5. The molecule has 1 aromatic carbocycles. The second kappa shape index (κ2) is 8.89. The van der Waals surface area contributed by atoms with Gasteiger partial charge < -0.3 is 15.0 Å². The average Bonchev–Trinajstić information content (AvgIpc) is 2.53. The van der Waals surface area contributed by atoms with Gasteiger partial charge in [0.1, 0.15) is 5.92 Å². The fourth-order valence-electron chi connectivity index (χ4n) is 2.92. The number of carbonyl (C=O) groups excluding carboxylic acids is 2. The fourth-order valence-corrected chi connectivity index (χ4v) is 3.11. The molecule has 2 atom stereocenters. The molecule has 1 fully saturated rings. The molecule has 2 N–H and O–H groups in total. The van der Waals surface area contributed by atoms with Gasteiger partial charge in [-0.2, -0.15) is 0 Å².